The van der Waals surface area contributed by atoms with Crippen LogP contribution in [-0.2, 0) is 13.5 Å². The third-order valence-electron chi connectivity index (χ3n) is 5.56. The first kappa shape index (κ1) is 24.0. The molecule has 0 aliphatic heterocycles. The van der Waals surface area contributed by atoms with E-state index in [2.05, 4.69) is 70.2 Å². The first-order chi connectivity index (χ1) is 16.0. The average molecular weight is 446 g/mol. The number of allylic oxidation sites excluding steroid dienone is 1. The first-order valence-corrected chi connectivity index (χ1v) is 11.5. The minimum absolute atomic E-state index is 0.721. The molecule has 0 bridgehead atoms. The fourth-order valence-electron chi connectivity index (χ4n) is 3.74. The van der Waals surface area contributed by atoms with Crippen LogP contribution in [0.15, 0.2) is 55.6 Å². The number of unbranched alkanes of at least 4 members (excludes halogenated alkanes) is 2. The molecule has 0 unspecified atom stereocenters. The van der Waals surface area contributed by atoms with Crippen LogP contribution in [0.25, 0.3) is 17.1 Å². The molecule has 0 radical (unpaired) electrons. The van der Waals surface area contributed by atoms with E-state index in [0.717, 1.165) is 70.4 Å². The molecule has 2 aromatic heterocycles. The second-order valence-electron chi connectivity index (χ2n) is 8.08. The number of hydrogen-bond donors (Lipinski definition) is 3. The predicted octanol–water partition coefficient (Wildman–Crippen LogP) is 5.88. The van der Waals surface area contributed by atoms with Crippen molar-refractivity contribution in [3.05, 3.63) is 66.8 Å². The standard InChI is InChI=1S/C26H35N7/c1-7-9-10-12-18(3)30-25-15-24(22(16-28-25)19(4)27-5)31-23-14-11-13-21(20(23)8-2)26-29-17-33(6)32-26/h11,13-17,27H,3-4,7-10,12H2,1-2,5-6H3,(H2,28,30,31). The second kappa shape index (κ2) is 11.3. The number of hydrogen-bond acceptors (Lipinski definition) is 6. The number of anilines is 3. The minimum atomic E-state index is 0.721. The van der Waals surface area contributed by atoms with E-state index in [4.69, 9.17) is 0 Å². The minimum Gasteiger partial charge on any atom is -0.388 e. The highest BCUT2D eigenvalue weighted by Gasteiger charge is 2.15. The fourth-order valence-corrected chi connectivity index (χ4v) is 3.74. The molecule has 3 aromatic rings. The number of aromatic nitrogens is 4. The summed E-state index contributed by atoms with van der Waals surface area (Å²) in [5.41, 5.74) is 6.76. The molecule has 174 valence electrons. The van der Waals surface area contributed by atoms with E-state index in [1.165, 1.54) is 12.8 Å². The molecule has 0 spiro atoms. The van der Waals surface area contributed by atoms with Crippen molar-refractivity contribution in [3.63, 3.8) is 0 Å². The summed E-state index contributed by atoms with van der Waals surface area (Å²) < 4.78 is 1.72. The van der Waals surface area contributed by atoms with Crippen molar-refractivity contribution in [2.75, 3.05) is 17.7 Å². The van der Waals surface area contributed by atoms with Gasteiger partial charge in [0.25, 0.3) is 0 Å². The Bertz CT molecular complexity index is 1110. The number of benzene rings is 1. The molecule has 3 rings (SSSR count). The monoisotopic (exact) mass is 445 g/mol. The van der Waals surface area contributed by atoms with Gasteiger partial charge < -0.3 is 16.0 Å². The normalized spacial score (nSPS) is 10.7. The zero-order valence-electron chi connectivity index (χ0n) is 20.2. The lowest BCUT2D eigenvalue weighted by Gasteiger charge is -2.19. The van der Waals surface area contributed by atoms with Crippen LogP contribution in [0, 0.1) is 0 Å². The Morgan fingerprint density at radius 3 is 2.58 bits per heavy atom. The summed E-state index contributed by atoms with van der Waals surface area (Å²) in [6, 6.07) is 8.17. The van der Waals surface area contributed by atoms with Gasteiger partial charge in [0.1, 0.15) is 12.1 Å². The molecule has 7 heteroatoms. The molecule has 33 heavy (non-hydrogen) atoms. The third kappa shape index (κ3) is 6.00. The fraction of sp³-hybridized carbons (Fsp3) is 0.346. The van der Waals surface area contributed by atoms with Crippen LogP contribution in [-0.4, -0.2) is 26.8 Å². The predicted molar refractivity (Wildman–Crippen MR) is 138 cm³/mol. The van der Waals surface area contributed by atoms with Crippen LogP contribution in [0.3, 0.4) is 0 Å². The Labute approximate surface area is 197 Å². The van der Waals surface area contributed by atoms with Gasteiger partial charge in [-0.25, -0.2) is 9.97 Å². The van der Waals surface area contributed by atoms with Gasteiger partial charge >= 0.3 is 0 Å². The van der Waals surface area contributed by atoms with E-state index in [0.29, 0.717) is 0 Å². The van der Waals surface area contributed by atoms with Crippen LogP contribution >= 0.6 is 0 Å². The summed E-state index contributed by atoms with van der Waals surface area (Å²) in [4.78, 5) is 9.04. The Balaban J connectivity index is 1.94. The maximum atomic E-state index is 4.59. The maximum Gasteiger partial charge on any atom is 0.181 e. The Morgan fingerprint density at radius 1 is 1.09 bits per heavy atom. The van der Waals surface area contributed by atoms with Crippen molar-refractivity contribution in [3.8, 4) is 11.4 Å². The molecule has 0 fully saturated rings. The van der Waals surface area contributed by atoms with Crippen molar-refractivity contribution >= 4 is 22.9 Å². The van der Waals surface area contributed by atoms with E-state index < -0.39 is 0 Å². The summed E-state index contributed by atoms with van der Waals surface area (Å²) in [5.74, 6) is 1.48. The molecule has 3 N–H and O–H groups in total. The van der Waals surface area contributed by atoms with Crippen LogP contribution in [0.1, 0.15) is 50.7 Å². The number of nitrogens with one attached hydrogen (secondary N) is 3. The van der Waals surface area contributed by atoms with Gasteiger partial charge in [-0.05, 0) is 30.9 Å². The number of rotatable bonds is 12. The second-order valence-corrected chi connectivity index (χ2v) is 8.08. The SMILES string of the molecule is C=C(CCCCC)Nc1cc(Nc2cccc(-c3ncn(C)n3)c2CC)c(C(=C)NC)cn1. The number of pyridine rings is 1. The van der Waals surface area contributed by atoms with E-state index >= 15 is 0 Å². The molecule has 0 aliphatic carbocycles. The van der Waals surface area contributed by atoms with E-state index in [1.54, 1.807) is 11.0 Å². The Kier molecular flexibility index (Phi) is 8.24. The van der Waals surface area contributed by atoms with Crippen LogP contribution in [0.4, 0.5) is 17.2 Å². The van der Waals surface area contributed by atoms with Crippen molar-refractivity contribution in [1.29, 1.82) is 0 Å². The van der Waals surface area contributed by atoms with Gasteiger partial charge in [-0.2, -0.15) is 5.10 Å². The summed E-state index contributed by atoms with van der Waals surface area (Å²) in [5, 5.41) is 14.6. The molecular formula is C26H35N7. The van der Waals surface area contributed by atoms with Crippen LogP contribution in [0.2, 0.25) is 0 Å². The quantitative estimate of drug-likeness (QED) is 0.302. The summed E-state index contributed by atoms with van der Waals surface area (Å²) in [6.45, 7) is 12.7. The number of nitrogens with zero attached hydrogens (tertiary/aromatic N) is 4. The Morgan fingerprint density at radius 2 is 1.91 bits per heavy atom. The van der Waals surface area contributed by atoms with Crippen LogP contribution < -0.4 is 16.0 Å². The maximum absolute atomic E-state index is 4.59. The molecule has 7 nitrogen and oxygen atoms in total. The van der Waals surface area contributed by atoms with Crippen molar-refractivity contribution in [2.24, 2.45) is 7.05 Å². The molecular weight excluding hydrogens is 410 g/mol. The van der Waals surface area contributed by atoms with Crippen LogP contribution in [0.5, 0.6) is 0 Å². The van der Waals surface area contributed by atoms with Gasteiger partial charge in [0, 0.05) is 54.6 Å². The van der Waals surface area contributed by atoms with Crippen molar-refractivity contribution in [2.45, 2.75) is 46.0 Å². The summed E-state index contributed by atoms with van der Waals surface area (Å²) >= 11 is 0. The Hall–Kier alpha value is -3.61. The highest BCUT2D eigenvalue weighted by molar-refractivity contribution is 5.81. The van der Waals surface area contributed by atoms with Gasteiger partial charge in [-0.1, -0.05) is 52.0 Å². The van der Waals surface area contributed by atoms with E-state index in [-0.39, 0.29) is 0 Å². The molecule has 0 saturated carbocycles. The lowest BCUT2D eigenvalue weighted by atomic mass is 10.0. The zero-order chi connectivity index (χ0) is 23.8. The highest BCUT2D eigenvalue weighted by atomic mass is 15.3. The number of aryl methyl sites for hydroxylation is 1. The summed E-state index contributed by atoms with van der Waals surface area (Å²) in [7, 11) is 3.74. The third-order valence-corrected chi connectivity index (χ3v) is 5.56. The first-order valence-electron chi connectivity index (χ1n) is 11.5. The molecule has 0 aliphatic rings. The van der Waals surface area contributed by atoms with E-state index in [9.17, 15) is 0 Å². The van der Waals surface area contributed by atoms with Crippen molar-refractivity contribution < 1.29 is 0 Å². The molecule has 1 aromatic carbocycles. The zero-order valence-corrected chi connectivity index (χ0v) is 20.2. The van der Waals surface area contributed by atoms with Crippen molar-refractivity contribution in [1.82, 2.24) is 25.1 Å². The highest BCUT2D eigenvalue weighted by Crippen LogP contribution is 2.33. The lowest BCUT2D eigenvalue weighted by molar-refractivity contribution is 0.715. The topological polar surface area (TPSA) is 79.7 Å². The van der Waals surface area contributed by atoms with Gasteiger partial charge in [0.2, 0.25) is 0 Å². The average Bonchev–Trinajstić information content (AvgIpc) is 3.25. The smallest absolute Gasteiger partial charge is 0.181 e. The van der Waals surface area contributed by atoms with Gasteiger partial charge in [0.05, 0.1) is 5.69 Å². The molecule has 0 atom stereocenters. The molecule has 0 amide bonds. The van der Waals surface area contributed by atoms with Gasteiger partial charge in [0.15, 0.2) is 5.82 Å². The van der Waals surface area contributed by atoms with Gasteiger partial charge in [-0.15, -0.1) is 0 Å². The molecule has 2 heterocycles. The van der Waals surface area contributed by atoms with Gasteiger partial charge in [-0.3, -0.25) is 4.68 Å². The van der Waals surface area contributed by atoms with E-state index in [1.807, 2.05) is 32.4 Å². The lowest BCUT2D eigenvalue weighted by Crippen LogP contribution is -2.09. The summed E-state index contributed by atoms with van der Waals surface area (Å²) in [6.07, 6.45) is 8.83. The largest absolute Gasteiger partial charge is 0.388 e. The molecule has 0 saturated heterocycles.